The molecule has 1 aliphatic heterocycles. The average Bonchev–Trinajstić information content (AvgIpc) is 2.45. The Morgan fingerprint density at radius 3 is 2.86 bits per heavy atom. The Kier molecular flexibility index (Phi) is 5.59. The summed E-state index contributed by atoms with van der Waals surface area (Å²) in [5.74, 6) is 0.982. The van der Waals surface area contributed by atoms with Crippen LogP contribution in [0.4, 0.5) is 0 Å². The molecule has 1 N–H and O–H groups in total. The highest BCUT2D eigenvalue weighted by molar-refractivity contribution is 5.41. The molecule has 0 bridgehead atoms. The summed E-state index contributed by atoms with van der Waals surface area (Å²) in [7, 11) is 1.74. The monoisotopic (exact) mass is 291 g/mol. The Hall–Kier alpha value is -1.13. The van der Waals surface area contributed by atoms with Gasteiger partial charge in [0, 0.05) is 49.0 Å². The third-order valence-electron chi connectivity index (χ3n) is 4.45. The Morgan fingerprint density at radius 2 is 2.19 bits per heavy atom. The van der Waals surface area contributed by atoms with Crippen LogP contribution in [0.2, 0.25) is 0 Å². The smallest absolute Gasteiger partial charge is 0.128 e. The number of hydrogen-bond acceptors (Lipinski definition) is 4. The van der Waals surface area contributed by atoms with Gasteiger partial charge in [0.15, 0.2) is 0 Å². The largest absolute Gasteiger partial charge is 0.496 e. The second kappa shape index (κ2) is 7.23. The van der Waals surface area contributed by atoms with E-state index in [1.807, 2.05) is 6.20 Å². The zero-order valence-corrected chi connectivity index (χ0v) is 14.1. The van der Waals surface area contributed by atoms with Gasteiger partial charge in [0.1, 0.15) is 5.75 Å². The van der Waals surface area contributed by atoms with E-state index in [0.29, 0.717) is 12.1 Å². The summed E-state index contributed by atoms with van der Waals surface area (Å²) in [4.78, 5) is 7.24. The quantitative estimate of drug-likeness (QED) is 0.905. The molecule has 0 spiro atoms. The molecular weight excluding hydrogens is 262 g/mol. The van der Waals surface area contributed by atoms with Gasteiger partial charge in [-0.2, -0.15) is 0 Å². The lowest BCUT2D eigenvalue weighted by atomic mass is 10.0. The molecule has 2 heterocycles. The molecule has 0 radical (unpaired) electrons. The van der Waals surface area contributed by atoms with Crippen molar-refractivity contribution in [3.63, 3.8) is 0 Å². The Balaban J connectivity index is 2.18. The van der Waals surface area contributed by atoms with Gasteiger partial charge in [-0.25, -0.2) is 0 Å². The molecule has 1 aromatic rings. The fourth-order valence-corrected chi connectivity index (χ4v) is 3.27. The molecule has 0 amide bonds. The molecule has 0 saturated carbocycles. The summed E-state index contributed by atoms with van der Waals surface area (Å²) in [6.45, 7) is 11.8. The highest BCUT2D eigenvalue weighted by atomic mass is 16.5. The number of pyridine rings is 1. The van der Waals surface area contributed by atoms with Crippen LogP contribution >= 0.6 is 0 Å². The summed E-state index contributed by atoms with van der Waals surface area (Å²) in [5.41, 5.74) is 3.43. The van der Waals surface area contributed by atoms with Gasteiger partial charge >= 0.3 is 0 Å². The number of piperazine rings is 1. The average molecular weight is 291 g/mol. The van der Waals surface area contributed by atoms with E-state index in [4.69, 9.17) is 4.74 Å². The third kappa shape index (κ3) is 3.74. The van der Waals surface area contributed by atoms with Crippen molar-refractivity contribution in [3.8, 4) is 5.75 Å². The van der Waals surface area contributed by atoms with E-state index < -0.39 is 0 Å². The molecule has 1 aromatic heterocycles. The maximum Gasteiger partial charge on any atom is 0.128 e. The summed E-state index contributed by atoms with van der Waals surface area (Å²) in [5, 5.41) is 3.59. The highest BCUT2D eigenvalue weighted by Crippen LogP contribution is 2.26. The minimum absolute atomic E-state index is 0.547. The summed E-state index contributed by atoms with van der Waals surface area (Å²) in [6, 6.07) is 1.16. The SMILES string of the molecule is CCCC1CNC(C)CN1Cc1ncc(C)c(OC)c1C. The van der Waals surface area contributed by atoms with Gasteiger partial charge in [-0.05, 0) is 27.2 Å². The van der Waals surface area contributed by atoms with Crippen LogP contribution in [-0.2, 0) is 6.54 Å². The van der Waals surface area contributed by atoms with E-state index in [2.05, 4.69) is 42.9 Å². The number of methoxy groups -OCH3 is 1. The summed E-state index contributed by atoms with van der Waals surface area (Å²) >= 11 is 0. The number of nitrogens with one attached hydrogen (secondary N) is 1. The molecule has 2 unspecified atom stereocenters. The first kappa shape index (κ1) is 16.2. The fourth-order valence-electron chi connectivity index (χ4n) is 3.27. The molecular formula is C17H29N3O. The van der Waals surface area contributed by atoms with E-state index in [9.17, 15) is 0 Å². The third-order valence-corrected chi connectivity index (χ3v) is 4.45. The maximum absolute atomic E-state index is 5.53. The van der Waals surface area contributed by atoms with Crippen molar-refractivity contribution in [3.05, 3.63) is 23.0 Å². The lowest BCUT2D eigenvalue weighted by molar-refractivity contribution is 0.118. The zero-order valence-electron chi connectivity index (χ0n) is 14.1. The topological polar surface area (TPSA) is 37.4 Å². The predicted molar refractivity (Wildman–Crippen MR) is 86.8 cm³/mol. The fraction of sp³-hybridized carbons (Fsp3) is 0.706. The molecule has 118 valence electrons. The number of ether oxygens (including phenoxy) is 1. The van der Waals surface area contributed by atoms with Gasteiger partial charge in [0.25, 0.3) is 0 Å². The van der Waals surface area contributed by atoms with E-state index in [1.165, 1.54) is 18.4 Å². The van der Waals surface area contributed by atoms with Gasteiger partial charge in [-0.1, -0.05) is 13.3 Å². The van der Waals surface area contributed by atoms with Crippen LogP contribution in [0.3, 0.4) is 0 Å². The van der Waals surface area contributed by atoms with E-state index >= 15 is 0 Å². The lowest BCUT2D eigenvalue weighted by Gasteiger charge is -2.39. The maximum atomic E-state index is 5.53. The van der Waals surface area contributed by atoms with Gasteiger partial charge < -0.3 is 10.1 Å². The molecule has 1 fully saturated rings. The molecule has 4 nitrogen and oxygen atoms in total. The van der Waals surface area contributed by atoms with Crippen LogP contribution in [0.25, 0.3) is 0 Å². The van der Waals surface area contributed by atoms with Crippen LogP contribution in [0.1, 0.15) is 43.5 Å². The van der Waals surface area contributed by atoms with Crippen LogP contribution in [0.5, 0.6) is 5.75 Å². The molecule has 0 aromatic carbocycles. The standard InChI is InChI=1S/C17H29N3O/c1-6-7-15-9-18-13(3)10-20(15)11-16-14(4)17(21-5)12(2)8-19-16/h8,13,15,18H,6-7,9-11H2,1-5H3. The van der Waals surface area contributed by atoms with E-state index in [-0.39, 0.29) is 0 Å². The number of aryl methyl sites for hydroxylation is 1. The van der Waals surface area contributed by atoms with Gasteiger partial charge in [0.05, 0.1) is 12.8 Å². The Labute approximate surface area is 128 Å². The van der Waals surface area contributed by atoms with Crippen molar-refractivity contribution < 1.29 is 4.74 Å². The first-order chi connectivity index (χ1) is 10.1. The number of rotatable bonds is 5. The Bertz CT molecular complexity index is 475. The van der Waals surface area contributed by atoms with Crippen LogP contribution < -0.4 is 10.1 Å². The Morgan fingerprint density at radius 1 is 1.43 bits per heavy atom. The molecule has 21 heavy (non-hydrogen) atoms. The minimum Gasteiger partial charge on any atom is -0.496 e. The predicted octanol–water partition coefficient (Wildman–Crippen LogP) is 2.67. The van der Waals surface area contributed by atoms with Crippen molar-refractivity contribution in [1.82, 2.24) is 15.2 Å². The van der Waals surface area contributed by atoms with Gasteiger partial charge in [-0.15, -0.1) is 0 Å². The molecule has 1 saturated heterocycles. The molecule has 0 aliphatic carbocycles. The molecule has 4 heteroatoms. The first-order valence-electron chi connectivity index (χ1n) is 8.03. The van der Waals surface area contributed by atoms with Crippen molar-refractivity contribution in [2.24, 2.45) is 0 Å². The van der Waals surface area contributed by atoms with Crippen molar-refractivity contribution >= 4 is 0 Å². The normalized spacial score (nSPS) is 23.3. The first-order valence-corrected chi connectivity index (χ1v) is 8.03. The summed E-state index contributed by atoms with van der Waals surface area (Å²) in [6.07, 6.45) is 4.39. The van der Waals surface area contributed by atoms with Crippen molar-refractivity contribution in [2.75, 3.05) is 20.2 Å². The summed E-state index contributed by atoms with van der Waals surface area (Å²) < 4.78 is 5.53. The van der Waals surface area contributed by atoms with Gasteiger partial charge in [-0.3, -0.25) is 9.88 Å². The number of aromatic nitrogens is 1. The van der Waals surface area contributed by atoms with Crippen LogP contribution in [0.15, 0.2) is 6.20 Å². The van der Waals surface area contributed by atoms with E-state index in [0.717, 1.165) is 36.6 Å². The van der Waals surface area contributed by atoms with Crippen molar-refractivity contribution in [2.45, 2.75) is 59.2 Å². The highest BCUT2D eigenvalue weighted by Gasteiger charge is 2.26. The molecule has 1 aliphatic rings. The zero-order chi connectivity index (χ0) is 15.4. The van der Waals surface area contributed by atoms with Crippen LogP contribution in [-0.4, -0.2) is 42.2 Å². The second-order valence-corrected chi connectivity index (χ2v) is 6.23. The van der Waals surface area contributed by atoms with Crippen molar-refractivity contribution in [1.29, 1.82) is 0 Å². The molecule has 2 atom stereocenters. The lowest BCUT2D eigenvalue weighted by Crippen LogP contribution is -2.55. The van der Waals surface area contributed by atoms with Crippen LogP contribution in [0, 0.1) is 13.8 Å². The molecule has 2 rings (SSSR count). The number of nitrogens with zero attached hydrogens (tertiary/aromatic N) is 2. The number of hydrogen-bond donors (Lipinski definition) is 1. The second-order valence-electron chi connectivity index (χ2n) is 6.23. The van der Waals surface area contributed by atoms with Gasteiger partial charge in [0.2, 0.25) is 0 Å². The van der Waals surface area contributed by atoms with E-state index in [1.54, 1.807) is 7.11 Å². The minimum atomic E-state index is 0.547.